The fraction of sp³-hybridized carbons (Fsp3) is 0.286. The van der Waals surface area contributed by atoms with Crippen LogP contribution in [0.2, 0.25) is 0 Å². The Morgan fingerprint density at radius 3 is 2.45 bits per heavy atom. The summed E-state index contributed by atoms with van der Waals surface area (Å²) in [7, 11) is 0. The minimum Gasteiger partial charge on any atom is -0.445 e. The van der Waals surface area contributed by atoms with E-state index in [0.29, 0.717) is 5.56 Å². The number of alkyl carbamates (subject to hydrolysis) is 1. The van der Waals surface area contributed by atoms with Crippen LogP contribution in [0.15, 0.2) is 46.6 Å². The van der Waals surface area contributed by atoms with Gasteiger partial charge in [-0.3, -0.25) is 0 Å². The number of allylic oxidation sites excluding steroid dienone is 1. The van der Waals surface area contributed by atoms with Gasteiger partial charge >= 0.3 is 17.9 Å². The lowest BCUT2D eigenvalue weighted by Gasteiger charge is -2.15. The number of benzene rings is 1. The second-order valence-corrected chi connectivity index (χ2v) is 4.49. The van der Waals surface area contributed by atoms with Gasteiger partial charge in [-0.15, -0.1) is 10.2 Å². The Balaban J connectivity index is 1.89. The number of hydrogen-bond acceptors (Lipinski definition) is 4. The van der Waals surface area contributed by atoms with Crippen molar-refractivity contribution in [3.8, 4) is 0 Å². The molecule has 2 rings (SSSR count). The Bertz CT molecular complexity index is 588. The maximum Gasteiger partial charge on any atom is 0.442 e. The smallest absolute Gasteiger partial charge is 0.442 e. The van der Waals surface area contributed by atoms with E-state index in [1.165, 1.54) is 30.3 Å². The van der Waals surface area contributed by atoms with Crippen molar-refractivity contribution in [3.05, 3.63) is 54.5 Å². The van der Waals surface area contributed by atoms with Gasteiger partial charge in [0.1, 0.15) is 6.61 Å². The fourth-order valence-corrected chi connectivity index (χ4v) is 1.71. The van der Waals surface area contributed by atoms with Crippen molar-refractivity contribution in [2.75, 3.05) is 6.61 Å². The molecule has 1 aromatic carbocycles. The number of nitrogens with zero attached hydrogens (tertiary/aromatic N) is 2. The van der Waals surface area contributed by atoms with E-state index in [1.54, 1.807) is 6.08 Å². The molecule has 1 aliphatic heterocycles. The van der Waals surface area contributed by atoms with Crippen LogP contribution in [0.4, 0.5) is 18.0 Å². The van der Waals surface area contributed by atoms with Crippen molar-refractivity contribution >= 4 is 6.09 Å². The molecule has 0 fully saturated rings. The summed E-state index contributed by atoms with van der Waals surface area (Å²) < 4.78 is 43.2. The van der Waals surface area contributed by atoms with Crippen molar-refractivity contribution in [2.24, 2.45) is 10.2 Å². The number of rotatable bonds is 5. The van der Waals surface area contributed by atoms with E-state index in [-0.39, 0.29) is 18.7 Å². The summed E-state index contributed by atoms with van der Waals surface area (Å²) in [6.45, 7) is 3.68. The van der Waals surface area contributed by atoms with Gasteiger partial charge in [-0.25, -0.2) is 4.79 Å². The van der Waals surface area contributed by atoms with E-state index in [4.69, 9.17) is 4.74 Å². The molecule has 1 radical (unpaired) electrons. The van der Waals surface area contributed by atoms with E-state index in [9.17, 15) is 18.0 Å². The lowest BCUT2D eigenvalue weighted by molar-refractivity contribution is -0.166. The summed E-state index contributed by atoms with van der Waals surface area (Å²) in [6.07, 6.45) is -2.11. The van der Waals surface area contributed by atoms with Gasteiger partial charge in [-0.2, -0.15) is 13.2 Å². The molecule has 0 aromatic heterocycles. The first-order valence-corrected chi connectivity index (χ1v) is 6.34. The molecule has 0 bridgehead atoms. The molecule has 1 amide bonds. The van der Waals surface area contributed by atoms with Crippen LogP contribution in [-0.4, -0.2) is 18.9 Å². The number of nitrogens with one attached hydrogen (secondary N) is 1. The SMILES string of the molecule is [CH2]/C=C/COC(=O)NCc1ccc(C2(C(F)(F)F)N=N2)cc1. The van der Waals surface area contributed by atoms with Gasteiger partial charge in [0, 0.05) is 12.1 Å². The highest BCUT2D eigenvalue weighted by Crippen LogP contribution is 2.52. The molecule has 5 nitrogen and oxygen atoms in total. The third-order valence-electron chi connectivity index (χ3n) is 2.97. The first-order chi connectivity index (χ1) is 10.4. The number of ether oxygens (including phenoxy) is 1. The predicted octanol–water partition coefficient (Wildman–Crippen LogP) is 3.48. The molecule has 1 N–H and O–H groups in total. The van der Waals surface area contributed by atoms with Crippen molar-refractivity contribution in [3.63, 3.8) is 0 Å². The summed E-state index contributed by atoms with van der Waals surface area (Å²) >= 11 is 0. The average molecular weight is 312 g/mol. The molecular weight excluding hydrogens is 299 g/mol. The van der Waals surface area contributed by atoms with E-state index in [2.05, 4.69) is 22.5 Å². The van der Waals surface area contributed by atoms with Crippen LogP contribution in [0.3, 0.4) is 0 Å². The first kappa shape index (κ1) is 16.0. The number of carbonyl (C=O) groups is 1. The van der Waals surface area contributed by atoms with Crippen LogP contribution >= 0.6 is 0 Å². The maximum atomic E-state index is 12.8. The average Bonchev–Trinajstić information content (AvgIpc) is 3.27. The van der Waals surface area contributed by atoms with Crippen molar-refractivity contribution in [1.29, 1.82) is 0 Å². The van der Waals surface area contributed by atoms with Gasteiger partial charge in [0.05, 0.1) is 0 Å². The minimum absolute atomic E-state index is 0.0492. The van der Waals surface area contributed by atoms with Crippen molar-refractivity contribution in [2.45, 2.75) is 18.4 Å². The number of halogens is 3. The van der Waals surface area contributed by atoms with Crippen LogP contribution in [0.25, 0.3) is 0 Å². The summed E-state index contributed by atoms with van der Waals surface area (Å²) in [4.78, 5) is 11.3. The lowest BCUT2D eigenvalue weighted by atomic mass is 10.0. The molecule has 8 heteroatoms. The second kappa shape index (κ2) is 6.17. The zero-order chi connectivity index (χ0) is 16.2. The van der Waals surface area contributed by atoms with Crippen LogP contribution in [0, 0.1) is 6.92 Å². The molecule has 22 heavy (non-hydrogen) atoms. The van der Waals surface area contributed by atoms with Gasteiger partial charge in [-0.1, -0.05) is 36.4 Å². The summed E-state index contributed by atoms with van der Waals surface area (Å²) in [5.41, 5.74) is -1.84. The van der Waals surface area contributed by atoms with Crippen LogP contribution in [-0.2, 0) is 16.9 Å². The topological polar surface area (TPSA) is 63.0 Å². The van der Waals surface area contributed by atoms with Crippen molar-refractivity contribution in [1.82, 2.24) is 5.32 Å². The van der Waals surface area contributed by atoms with Crippen LogP contribution < -0.4 is 5.32 Å². The summed E-state index contributed by atoms with van der Waals surface area (Å²) in [6, 6.07) is 5.54. The van der Waals surface area contributed by atoms with Gasteiger partial charge in [0.25, 0.3) is 0 Å². The van der Waals surface area contributed by atoms with Crippen molar-refractivity contribution < 1.29 is 22.7 Å². The van der Waals surface area contributed by atoms with E-state index < -0.39 is 17.9 Å². The molecule has 0 aliphatic carbocycles. The molecule has 0 saturated carbocycles. The maximum absolute atomic E-state index is 12.8. The quantitative estimate of drug-likeness (QED) is 0.904. The number of alkyl halides is 3. The second-order valence-electron chi connectivity index (χ2n) is 4.49. The molecule has 1 aliphatic rings. The number of amides is 1. The molecule has 117 valence electrons. The van der Waals surface area contributed by atoms with Crippen LogP contribution in [0.5, 0.6) is 0 Å². The molecule has 0 spiro atoms. The minimum atomic E-state index is -4.54. The molecular formula is C14H13F3N3O2. The largest absolute Gasteiger partial charge is 0.445 e. The fourth-order valence-electron chi connectivity index (χ4n) is 1.71. The molecule has 1 heterocycles. The highest BCUT2D eigenvalue weighted by atomic mass is 19.4. The van der Waals surface area contributed by atoms with E-state index >= 15 is 0 Å². The third kappa shape index (κ3) is 3.44. The summed E-state index contributed by atoms with van der Waals surface area (Å²) in [5.74, 6) is 0. The number of carbonyl (C=O) groups excluding carboxylic acids is 1. The molecule has 0 saturated heterocycles. The van der Waals surface area contributed by atoms with Gasteiger partial charge in [-0.05, 0) is 12.5 Å². The first-order valence-electron chi connectivity index (χ1n) is 6.34. The normalized spacial score (nSPS) is 15.8. The monoisotopic (exact) mass is 312 g/mol. The Kier molecular flexibility index (Phi) is 4.48. The zero-order valence-corrected chi connectivity index (χ0v) is 11.4. The Hall–Kier alpha value is -2.38. The predicted molar refractivity (Wildman–Crippen MR) is 71.7 cm³/mol. The zero-order valence-electron chi connectivity index (χ0n) is 11.4. The van der Waals surface area contributed by atoms with Gasteiger partial charge in [0.15, 0.2) is 0 Å². The Morgan fingerprint density at radius 1 is 1.32 bits per heavy atom. The third-order valence-corrected chi connectivity index (χ3v) is 2.97. The molecule has 1 aromatic rings. The standard InChI is InChI=1S/C14H13F3N3O2/c1-2-3-8-22-12(21)18-9-10-4-6-11(7-5-10)13(19-20-13)14(15,16)17/h2-7H,1,8-9H2,(H,18,21)/b3-2+. The number of hydrogen-bond donors (Lipinski definition) is 1. The van der Waals surface area contributed by atoms with E-state index in [0.717, 1.165) is 0 Å². The van der Waals surface area contributed by atoms with Crippen LogP contribution in [0.1, 0.15) is 11.1 Å². The van der Waals surface area contributed by atoms with Gasteiger partial charge < -0.3 is 10.1 Å². The Morgan fingerprint density at radius 2 is 1.95 bits per heavy atom. The van der Waals surface area contributed by atoms with Gasteiger partial charge in [0.2, 0.25) is 0 Å². The molecule has 0 atom stereocenters. The lowest BCUT2D eigenvalue weighted by Crippen LogP contribution is -2.30. The highest BCUT2D eigenvalue weighted by Gasteiger charge is 2.65. The molecule has 0 unspecified atom stereocenters. The summed E-state index contributed by atoms with van der Waals surface area (Å²) in [5, 5.41) is 8.72. The Labute approximate surface area is 124 Å². The van der Waals surface area contributed by atoms with E-state index in [1.807, 2.05) is 0 Å². The highest BCUT2D eigenvalue weighted by molar-refractivity contribution is 5.67.